The maximum atomic E-state index is 2.39. The van der Waals surface area contributed by atoms with Gasteiger partial charge < -0.3 is 0 Å². The molecule has 0 unspecified atom stereocenters. The zero-order valence-electron chi connectivity index (χ0n) is 21.6. The molecule has 0 aromatic heterocycles. The molecule has 0 radical (unpaired) electrons. The summed E-state index contributed by atoms with van der Waals surface area (Å²) in [5.74, 6) is 0. The molecule has 0 saturated heterocycles. The van der Waals surface area contributed by atoms with Crippen molar-refractivity contribution in [3.8, 4) is 0 Å². The normalized spacial score (nSPS) is 11.3. The summed E-state index contributed by atoms with van der Waals surface area (Å²) in [6.07, 6.45) is 32.7. The van der Waals surface area contributed by atoms with E-state index in [0.717, 1.165) is 0 Å². The minimum absolute atomic E-state index is 1.30. The fourth-order valence-corrected chi connectivity index (χ4v) is 4.83. The maximum absolute atomic E-state index is 2.39. The minimum atomic E-state index is 1.30. The molecule has 0 nitrogen and oxygen atoms in total. The van der Waals surface area contributed by atoms with Gasteiger partial charge in [-0.1, -0.05) is 160 Å². The van der Waals surface area contributed by atoms with Crippen LogP contribution in [0.2, 0.25) is 0 Å². The molecule has 1 rings (SSSR count). The highest BCUT2D eigenvalue weighted by atomic mass is 14.1. The lowest BCUT2D eigenvalue weighted by Crippen LogP contribution is -1.95. The molecule has 0 saturated carbocycles. The summed E-state index contributed by atoms with van der Waals surface area (Å²) in [6.45, 7) is 4.60. The van der Waals surface area contributed by atoms with Gasteiger partial charge in [0.05, 0.1) is 0 Å². The van der Waals surface area contributed by atoms with Gasteiger partial charge >= 0.3 is 0 Å². The van der Waals surface area contributed by atoms with E-state index in [-0.39, 0.29) is 0 Å². The molecule has 31 heavy (non-hydrogen) atoms. The smallest absolute Gasteiger partial charge is 0.0276 e. The third kappa shape index (κ3) is 17.5. The second-order valence-electron chi connectivity index (χ2n) is 9.99. The molecule has 1 aromatic rings. The van der Waals surface area contributed by atoms with Crippen molar-refractivity contribution in [2.24, 2.45) is 0 Å². The molecular weight excluding hydrogens is 372 g/mol. The lowest BCUT2D eigenvalue weighted by atomic mass is 9.96. The molecule has 0 amide bonds. The van der Waals surface area contributed by atoms with Crippen molar-refractivity contribution in [1.29, 1.82) is 0 Å². The molecule has 0 heterocycles. The van der Waals surface area contributed by atoms with Crippen LogP contribution >= 0.6 is 0 Å². The molecule has 0 aliphatic carbocycles. The first kappa shape index (κ1) is 28.3. The number of hydrogen-bond acceptors (Lipinski definition) is 0. The van der Waals surface area contributed by atoms with Crippen LogP contribution in [0.1, 0.15) is 160 Å². The molecule has 0 bridgehead atoms. The fourth-order valence-electron chi connectivity index (χ4n) is 4.83. The van der Waals surface area contributed by atoms with Crippen LogP contribution in [0.3, 0.4) is 0 Å². The molecule has 0 atom stereocenters. The number of aryl methyl sites for hydroxylation is 2. The third-order valence-corrected chi connectivity index (χ3v) is 6.97. The SMILES string of the molecule is CCCCCCCCCCCCCc1ccccc1CCCCCCCCCCCC. The Hall–Kier alpha value is -0.780. The van der Waals surface area contributed by atoms with E-state index in [1.54, 1.807) is 11.1 Å². The first-order chi connectivity index (χ1) is 15.4. The van der Waals surface area contributed by atoms with Gasteiger partial charge in [0, 0.05) is 0 Å². The summed E-state index contributed by atoms with van der Waals surface area (Å²) >= 11 is 0. The topological polar surface area (TPSA) is 0 Å². The quantitative estimate of drug-likeness (QED) is 0.152. The largest absolute Gasteiger partial charge is 0.0654 e. The summed E-state index contributed by atoms with van der Waals surface area (Å²) in [4.78, 5) is 0. The Kier molecular flexibility index (Phi) is 20.4. The minimum Gasteiger partial charge on any atom is -0.0654 e. The van der Waals surface area contributed by atoms with Gasteiger partial charge in [-0.25, -0.2) is 0 Å². The Morgan fingerprint density at radius 3 is 0.903 bits per heavy atom. The second kappa shape index (κ2) is 22.4. The van der Waals surface area contributed by atoms with E-state index in [1.807, 2.05) is 0 Å². The van der Waals surface area contributed by atoms with Gasteiger partial charge in [0.25, 0.3) is 0 Å². The lowest BCUT2D eigenvalue weighted by Gasteiger charge is -2.10. The number of unbranched alkanes of at least 4 members (excludes halogenated alkanes) is 19. The van der Waals surface area contributed by atoms with E-state index < -0.39 is 0 Å². The molecule has 0 spiro atoms. The van der Waals surface area contributed by atoms with Crippen molar-refractivity contribution in [3.63, 3.8) is 0 Å². The van der Waals surface area contributed by atoms with Crippen LogP contribution in [0.15, 0.2) is 24.3 Å². The highest BCUT2D eigenvalue weighted by Crippen LogP contribution is 2.18. The van der Waals surface area contributed by atoms with Crippen LogP contribution in [0.4, 0.5) is 0 Å². The zero-order valence-corrected chi connectivity index (χ0v) is 21.6. The van der Waals surface area contributed by atoms with Crippen molar-refractivity contribution >= 4 is 0 Å². The van der Waals surface area contributed by atoms with Crippen molar-refractivity contribution in [1.82, 2.24) is 0 Å². The summed E-state index contributed by atoms with van der Waals surface area (Å²) in [5, 5.41) is 0. The highest BCUT2D eigenvalue weighted by Gasteiger charge is 2.02. The van der Waals surface area contributed by atoms with Crippen molar-refractivity contribution in [3.05, 3.63) is 35.4 Å². The second-order valence-corrected chi connectivity index (χ2v) is 9.99. The Morgan fingerprint density at radius 1 is 0.355 bits per heavy atom. The molecule has 0 N–H and O–H groups in total. The number of benzene rings is 1. The predicted molar refractivity (Wildman–Crippen MR) is 142 cm³/mol. The monoisotopic (exact) mass is 428 g/mol. The first-order valence-corrected chi connectivity index (χ1v) is 14.4. The van der Waals surface area contributed by atoms with Crippen LogP contribution in [-0.4, -0.2) is 0 Å². The van der Waals surface area contributed by atoms with E-state index in [0.29, 0.717) is 0 Å². The lowest BCUT2D eigenvalue weighted by molar-refractivity contribution is 0.548. The molecule has 0 aliphatic rings. The van der Waals surface area contributed by atoms with Gasteiger partial charge in [-0.05, 0) is 36.8 Å². The molecule has 1 aromatic carbocycles. The molecular formula is C31H56. The van der Waals surface area contributed by atoms with E-state index in [9.17, 15) is 0 Å². The Bertz CT molecular complexity index is 475. The Balaban J connectivity index is 2.00. The van der Waals surface area contributed by atoms with Crippen molar-refractivity contribution < 1.29 is 0 Å². The molecule has 0 fully saturated rings. The van der Waals surface area contributed by atoms with E-state index >= 15 is 0 Å². The average Bonchev–Trinajstić information content (AvgIpc) is 2.79. The van der Waals surface area contributed by atoms with Gasteiger partial charge in [-0.15, -0.1) is 0 Å². The third-order valence-electron chi connectivity index (χ3n) is 6.97. The van der Waals surface area contributed by atoms with Crippen LogP contribution in [0.5, 0.6) is 0 Å². The summed E-state index contributed by atoms with van der Waals surface area (Å²) < 4.78 is 0. The fraction of sp³-hybridized carbons (Fsp3) is 0.806. The summed E-state index contributed by atoms with van der Waals surface area (Å²) in [7, 11) is 0. The zero-order chi connectivity index (χ0) is 22.2. The van der Waals surface area contributed by atoms with Crippen molar-refractivity contribution in [2.45, 2.75) is 162 Å². The van der Waals surface area contributed by atoms with E-state index in [2.05, 4.69) is 38.1 Å². The standard InChI is InChI=1S/C31H56/c1-3-5-7-9-11-13-15-17-19-21-23-27-31-29-25-24-28-30(31)26-22-20-18-16-14-12-10-8-6-4-2/h24-25,28-29H,3-23,26-27H2,1-2H3. The van der Waals surface area contributed by atoms with Gasteiger partial charge in [0.2, 0.25) is 0 Å². The van der Waals surface area contributed by atoms with Crippen LogP contribution in [0.25, 0.3) is 0 Å². The first-order valence-electron chi connectivity index (χ1n) is 14.4. The van der Waals surface area contributed by atoms with Gasteiger partial charge in [-0.2, -0.15) is 0 Å². The Labute approximate surface area is 197 Å². The number of rotatable bonds is 23. The summed E-state index contributed by atoms with van der Waals surface area (Å²) in [5.41, 5.74) is 3.27. The van der Waals surface area contributed by atoms with E-state index in [4.69, 9.17) is 0 Å². The van der Waals surface area contributed by atoms with Crippen LogP contribution in [-0.2, 0) is 12.8 Å². The Morgan fingerprint density at radius 2 is 0.613 bits per heavy atom. The number of hydrogen-bond donors (Lipinski definition) is 0. The molecule has 0 aliphatic heterocycles. The predicted octanol–water partition coefficient (Wildman–Crippen LogP) is 11.0. The van der Waals surface area contributed by atoms with Crippen LogP contribution in [0, 0.1) is 0 Å². The molecule has 0 heteroatoms. The van der Waals surface area contributed by atoms with Crippen molar-refractivity contribution in [2.75, 3.05) is 0 Å². The van der Waals surface area contributed by atoms with Crippen LogP contribution < -0.4 is 0 Å². The molecule has 180 valence electrons. The van der Waals surface area contributed by atoms with Gasteiger partial charge in [0.15, 0.2) is 0 Å². The summed E-state index contributed by atoms with van der Waals surface area (Å²) in [6, 6.07) is 9.27. The average molecular weight is 429 g/mol. The maximum Gasteiger partial charge on any atom is -0.0276 e. The van der Waals surface area contributed by atoms with Gasteiger partial charge in [-0.3, -0.25) is 0 Å². The highest BCUT2D eigenvalue weighted by molar-refractivity contribution is 5.27. The van der Waals surface area contributed by atoms with E-state index in [1.165, 1.54) is 148 Å². The van der Waals surface area contributed by atoms with Gasteiger partial charge in [0.1, 0.15) is 0 Å².